The molecule has 132 valence electrons. The molecule has 0 bridgehead atoms. The van der Waals surface area contributed by atoms with Crippen molar-refractivity contribution in [1.29, 1.82) is 0 Å². The molecule has 24 heavy (non-hydrogen) atoms. The van der Waals surface area contributed by atoms with E-state index in [1.807, 2.05) is 0 Å². The van der Waals surface area contributed by atoms with Crippen LogP contribution in [0.3, 0.4) is 0 Å². The van der Waals surface area contributed by atoms with Crippen molar-refractivity contribution in [2.45, 2.75) is 63.7 Å². The molecule has 0 radical (unpaired) electrons. The minimum atomic E-state index is 0.148. The Hall–Kier alpha value is -1.35. The van der Waals surface area contributed by atoms with Crippen molar-refractivity contribution < 1.29 is 4.79 Å². The predicted molar refractivity (Wildman–Crippen MR) is 99.2 cm³/mol. The van der Waals surface area contributed by atoms with E-state index in [2.05, 4.69) is 41.8 Å². The lowest BCUT2D eigenvalue weighted by Gasteiger charge is -2.38. The van der Waals surface area contributed by atoms with Gasteiger partial charge in [-0.25, -0.2) is 0 Å². The first-order valence-electron chi connectivity index (χ1n) is 9.73. The topological polar surface area (TPSA) is 41.1 Å². The number of carbonyl (C=O) groups excluding carboxylic acids is 1. The molecule has 2 fully saturated rings. The maximum Gasteiger partial charge on any atom is 0.220 e. The Kier molecular flexibility index (Phi) is 5.94. The van der Waals surface area contributed by atoms with E-state index in [0.717, 1.165) is 26.1 Å². The molecule has 1 aromatic carbocycles. The van der Waals surface area contributed by atoms with Gasteiger partial charge in [-0.15, -0.1) is 0 Å². The first-order valence-corrected chi connectivity index (χ1v) is 9.73. The molecule has 1 aliphatic carbocycles. The van der Waals surface area contributed by atoms with E-state index in [0.29, 0.717) is 12.3 Å². The molecule has 3 nitrogen and oxygen atoms in total. The summed E-state index contributed by atoms with van der Waals surface area (Å²) in [5, 5.41) is 6.66. The lowest BCUT2D eigenvalue weighted by atomic mass is 9.69. The fourth-order valence-electron chi connectivity index (χ4n) is 4.42. The Morgan fingerprint density at radius 1 is 1.29 bits per heavy atom. The molecule has 1 saturated heterocycles. The summed E-state index contributed by atoms with van der Waals surface area (Å²) in [6.07, 6.45) is 9.20. The van der Waals surface area contributed by atoms with Crippen LogP contribution < -0.4 is 10.6 Å². The molecule has 1 saturated carbocycles. The highest BCUT2D eigenvalue weighted by atomic mass is 16.1. The van der Waals surface area contributed by atoms with E-state index in [9.17, 15) is 4.79 Å². The van der Waals surface area contributed by atoms with Crippen LogP contribution >= 0.6 is 0 Å². The highest BCUT2D eigenvalue weighted by molar-refractivity contribution is 5.76. The second-order valence-corrected chi connectivity index (χ2v) is 7.88. The van der Waals surface area contributed by atoms with Gasteiger partial charge >= 0.3 is 0 Å². The maximum atomic E-state index is 12.4. The molecule has 2 aliphatic rings. The van der Waals surface area contributed by atoms with Crippen LogP contribution in [0.2, 0.25) is 0 Å². The van der Waals surface area contributed by atoms with E-state index in [1.54, 1.807) is 0 Å². The monoisotopic (exact) mass is 328 g/mol. The van der Waals surface area contributed by atoms with Crippen molar-refractivity contribution in [2.24, 2.45) is 5.92 Å². The molecular formula is C21H32N2O. The van der Waals surface area contributed by atoms with Gasteiger partial charge in [0.25, 0.3) is 0 Å². The zero-order chi connectivity index (χ0) is 16.8. The summed E-state index contributed by atoms with van der Waals surface area (Å²) in [5.74, 6) is 0.927. The molecular weight excluding hydrogens is 296 g/mol. The second kappa shape index (κ2) is 8.15. The highest BCUT2D eigenvalue weighted by Gasteiger charge is 2.34. The number of aryl methyl sites for hydroxylation is 1. The van der Waals surface area contributed by atoms with Gasteiger partial charge in [-0.05, 0) is 57.2 Å². The van der Waals surface area contributed by atoms with E-state index >= 15 is 0 Å². The first kappa shape index (κ1) is 17.5. The Morgan fingerprint density at radius 3 is 2.83 bits per heavy atom. The average molecular weight is 329 g/mol. The highest BCUT2D eigenvalue weighted by Crippen LogP contribution is 2.39. The molecule has 1 amide bonds. The Balaban J connectivity index is 1.59. The maximum absolute atomic E-state index is 12.4. The third-order valence-electron chi connectivity index (χ3n) is 6.01. The normalized spacial score (nSPS) is 23.1. The van der Waals surface area contributed by atoms with Gasteiger partial charge in [0, 0.05) is 18.4 Å². The number of nitrogens with one attached hydrogen (secondary N) is 2. The molecule has 3 rings (SSSR count). The van der Waals surface area contributed by atoms with Gasteiger partial charge in [-0.3, -0.25) is 4.79 Å². The van der Waals surface area contributed by atoms with Gasteiger partial charge in [-0.2, -0.15) is 0 Å². The number of hydrogen-bond donors (Lipinski definition) is 2. The van der Waals surface area contributed by atoms with Crippen LogP contribution in [0.5, 0.6) is 0 Å². The molecule has 1 unspecified atom stereocenters. The quantitative estimate of drug-likeness (QED) is 0.836. The molecule has 1 heterocycles. The van der Waals surface area contributed by atoms with Gasteiger partial charge < -0.3 is 10.6 Å². The summed E-state index contributed by atoms with van der Waals surface area (Å²) < 4.78 is 0. The van der Waals surface area contributed by atoms with Gasteiger partial charge in [0.05, 0.1) is 0 Å². The minimum absolute atomic E-state index is 0.148. The number of amides is 1. The van der Waals surface area contributed by atoms with E-state index in [4.69, 9.17) is 0 Å². The lowest BCUT2D eigenvalue weighted by molar-refractivity contribution is -0.121. The van der Waals surface area contributed by atoms with Crippen molar-refractivity contribution in [3.63, 3.8) is 0 Å². The molecule has 1 aliphatic heterocycles. The summed E-state index contributed by atoms with van der Waals surface area (Å²) in [6, 6.07) is 8.90. The van der Waals surface area contributed by atoms with Crippen LogP contribution in [0.4, 0.5) is 0 Å². The van der Waals surface area contributed by atoms with E-state index < -0.39 is 0 Å². The third kappa shape index (κ3) is 4.38. The predicted octanol–water partition coefficient (Wildman–Crippen LogP) is 3.70. The largest absolute Gasteiger partial charge is 0.355 e. The zero-order valence-electron chi connectivity index (χ0n) is 15.1. The number of rotatable bonds is 6. The van der Waals surface area contributed by atoms with Crippen molar-refractivity contribution in [3.05, 3.63) is 35.4 Å². The van der Waals surface area contributed by atoms with Crippen molar-refractivity contribution in [3.8, 4) is 0 Å². The second-order valence-electron chi connectivity index (χ2n) is 7.88. The molecule has 1 atom stereocenters. The van der Waals surface area contributed by atoms with Crippen LogP contribution in [0.15, 0.2) is 24.3 Å². The molecule has 1 aromatic rings. The fourth-order valence-corrected chi connectivity index (χ4v) is 4.42. The third-order valence-corrected chi connectivity index (χ3v) is 6.01. The molecule has 0 spiro atoms. The number of benzene rings is 1. The van der Waals surface area contributed by atoms with Crippen LogP contribution in [-0.2, 0) is 10.2 Å². The Labute approximate surface area is 146 Å². The van der Waals surface area contributed by atoms with Crippen LogP contribution in [-0.4, -0.2) is 25.5 Å². The minimum Gasteiger partial charge on any atom is -0.355 e. The molecule has 2 N–H and O–H groups in total. The lowest BCUT2D eigenvalue weighted by Crippen LogP contribution is -2.42. The smallest absolute Gasteiger partial charge is 0.220 e. The van der Waals surface area contributed by atoms with Gasteiger partial charge in [0.1, 0.15) is 0 Å². The Morgan fingerprint density at radius 2 is 2.12 bits per heavy atom. The SMILES string of the molecule is Cc1cccc(C2(CNC(=O)CCC3CCNC3)CCCCC2)c1. The Bertz CT molecular complexity index is 543. The zero-order valence-corrected chi connectivity index (χ0v) is 15.1. The summed E-state index contributed by atoms with van der Waals surface area (Å²) in [6.45, 7) is 5.16. The standard InChI is InChI=1S/C21H32N2O/c1-17-6-5-7-19(14-17)21(11-3-2-4-12-21)16-23-20(24)9-8-18-10-13-22-15-18/h5-7,14,18,22H,2-4,8-13,15-16H2,1H3,(H,23,24). The first-order chi connectivity index (χ1) is 11.7. The fraction of sp³-hybridized carbons (Fsp3) is 0.667. The summed E-state index contributed by atoms with van der Waals surface area (Å²) >= 11 is 0. The van der Waals surface area contributed by atoms with Gasteiger partial charge in [0.2, 0.25) is 5.91 Å². The summed E-state index contributed by atoms with van der Waals surface area (Å²) in [7, 11) is 0. The van der Waals surface area contributed by atoms with Gasteiger partial charge in [-0.1, -0.05) is 49.1 Å². The van der Waals surface area contributed by atoms with Crippen LogP contribution in [0.1, 0.15) is 62.5 Å². The van der Waals surface area contributed by atoms with Crippen LogP contribution in [0, 0.1) is 12.8 Å². The van der Waals surface area contributed by atoms with E-state index in [-0.39, 0.29) is 11.3 Å². The molecule has 3 heteroatoms. The summed E-state index contributed by atoms with van der Waals surface area (Å²) in [5.41, 5.74) is 2.88. The molecule has 0 aromatic heterocycles. The summed E-state index contributed by atoms with van der Waals surface area (Å²) in [4.78, 5) is 12.4. The average Bonchev–Trinajstić information content (AvgIpc) is 3.12. The number of carbonyl (C=O) groups is 1. The van der Waals surface area contributed by atoms with Crippen molar-refractivity contribution >= 4 is 5.91 Å². The van der Waals surface area contributed by atoms with Crippen molar-refractivity contribution in [1.82, 2.24) is 10.6 Å². The van der Waals surface area contributed by atoms with Crippen molar-refractivity contribution in [2.75, 3.05) is 19.6 Å². The van der Waals surface area contributed by atoms with E-state index in [1.165, 1.54) is 49.7 Å². The van der Waals surface area contributed by atoms with Crippen LogP contribution in [0.25, 0.3) is 0 Å². The number of hydrogen-bond acceptors (Lipinski definition) is 2. The van der Waals surface area contributed by atoms with Gasteiger partial charge in [0.15, 0.2) is 0 Å².